The average molecular weight is 1560 g/mol. The highest BCUT2D eigenvalue weighted by Gasteiger charge is 2.54. The van der Waals surface area contributed by atoms with Gasteiger partial charge in [-0.15, -0.1) is 0 Å². The molecule has 0 saturated carbocycles. The Hall–Kier alpha value is -12.5. The van der Waals surface area contributed by atoms with E-state index in [9.17, 15) is 21.6 Å². The molecule has 0 atom stereocenters. The maximum Gasteiger partial charge on any atom is 0.534 e. The summed E-state index contributed by atoms with van der Waals surface area (Å²) in [5.74, 6) is 4.25. The van der Waals surface area contributed by atoms with Gasteiger partial charge in [0.25, 0.3) is 0 Å². The third-order valence-corrected chi connectivity index (χ3v) is 25.5. The molecule has 17 aromatic rings. The van der Waals surface area contributed by atoms with Gasteiger partial charge in [-0.05, 0) is 230 Å². The van der Waals surface area contributed by atoms with E-state index < -0.39 is 58.0 Å². The Bertz CT molecular complexity index is 6840. The second kappa shape index (κ2) is 27.3. The van der Waals surface area contributed by atoms with E-state index in [0.29, 0.717) is 16.9 Å². The number of para-hydroxylation sites is 3. The SMILES string of the molecule is CC1(C)OB(c2cccc3c(-c4ccc(B5OC(C)(C)C(C)(C)O5)c5ccccc45)cccc23)OC1(C)C.O=S(=O)(Oc1ccc2c3c(cccc13)Oc1ccccc1-2)C(F)(F)F.c1ccc2c(c1)Oc1cccc3c(-c4ccc(-c5ccc(-c6ccc7c8c(cccc68)Oc6ccccc6-7)c6ccccc56)c5ccccc45)ccc-2c13. The van der Waals surface area contributed by atoms with Crippen molar-refractivity contribution in [2.24, 2.45) is 0 Å². The Kier molecular flexibility index (Phi) is 17.1. The van der Waals surface area contributed by atoms with Crippen LogP contribution in [0.4, 0.5) is 13.2 Å². The molecule has 0 aliphatic carbocycles. The highest BCUT2D eigenvalue weighted by Crippen LogP contribution is 2.54. The summed E-state index contributed by atoms with van der Waals surface area (Å²) in [4.78, 5) is 0. The van der Waals surface area contributed by atoms with Crippen LogP contribution in [0.5, 0.6) is 40.2 Å². The van der Waals surface area contributed by atoms with E-state index in [-0.39, 0.29) is 5.39 Å². The molecule has 17 aromatic carbocycles. The molecule has 5 heterocycles. The van der Waals surface area contributed by atoms with E-state index in [1.54, 1.807) is 30.3 Å². The Morgan fingerprint density at radius 2 is 0.487 bits per heavy atom. The van der Waals surface area contributed by atoms with Crippen molar-refractivity contribution in [2.75, 3.05) is 0 Å². The van der Waals surface area contributed by atoms with E-state index >= 15 is 0 Å². The molecule has 5 aliphatic heterocycles. The first-order valence-electron chi connectivity index (χ1n) is 39.2. The van der Waals surface area contributed by atoms with Crippen LogP contribution in [0.25, 0.3) is 153 Å². The van der Waals surface area contributed by atoms with Gasteiger partial charge >= 0.3 is 29.9 Å². The minimum absolute atomic E-state index is 0.220. The molecule has 0 spiro atoms. The van der Waals surface area contributed by atoms with Crippen LogP contribution in [0, 0.1) is 0 Å². The zero-order chi connectivity index (χ0) is 80.2. The molecule has 16 heteroatoms. The Morgan fingerprint density at radius 3 is 0.880 bits per heavy atom. The molecule has 0 amide bonds. The number of fused-ring (bicyclic) bond motifs is 10. The number of hydrogen-bond acceptors (Lipinski definition) is 10. The standard InChI is InChI=1S/C52H30O2.C32H36B2O4.C17H9F3O4S/c1-3-13-33-31(11-1)35(23-25-37(33)39-27-29-45-41-15-5-7-19-47(41)53-49-21-9-17-43(39)51(45)49)36-24-26-38(34-14-4-2-12-32(34)36)40-28-30-46-42-16-6-8-20-48(42)54-50-22-10-18-44(40)52(46)50;1-29(2)30(3,4)36-33(35-29)27-18-12-16-23-21(15-11-17-26(23)27)24-19-20-28(25-14-10-9-13-22(24)25)34-37-31(5,6)32(7,8)38-34;18-17(19,20)25(21,22)24-14-9-8-11-10-4-1-2-6-13(10)23-15-7-3-5-12(14)16(11)15/h1-30H;9-20H,1-8H3;1-9H. The molecule has 572 valence electrons. The van der Waals surface area contributed by atoms with Gasteiger partial charge in [-0.2, -0.15) is 21.6 Å². The summed E-state index contributed by atoms with van der Waals surface area (Å²) < 4.78 is 109. The number of alkyl halides is 3. The molecule has 22 rings (SSSR count). The Morgan fingerprint density at radius 1 is 0.248 bits per heavy atom. The number of ether oxygens (including phenoxy) is 3. The number of halogens is 3. The summed E-state index contributed by atoms with van der Waals surface area (Å²) in [5.41, 5.74) is 10.9. The van der Waals surface area contributed by atoms with Crippen molar-refractivity contribution >= 4 is 111 Å². The van der Waals surface area contributed by atoms with E-state index in [4.69, 9.17) is 32.8 Å². The van der Waals surface area contributed by atoms with Gasteiger partial charge in [0.1, 0.15) is 34.5 Å². The van der Waals surface area contributed by atoms with Gasteiger partial charge in [0, 0.05) is 38.2 Å². The maximum atomic E-state index is 12.6. The van der Waals surface area contributed by atoms with Crippen molar-refractivity contribution in [3.63, 3.8) is 0 Å². The lowest BCUT2D eigenvalue weighted by Crippen LogP contribution is -2.41. The predicted molar refractivity (Wildman–Crippen MR) is 467 cm³/mol. The van der Waals surface area contributed by atoms with E-state index in [1.165, 1.54) is 117 Å². The summed E-state index contributed by atoms with van der Waals surface area (Å²) in [7, 11) is -6.59. The smallest absolute Gasteiger partial charge is 0.456 e. The minimum Gasteiger partial charge on any atom is -0.456 e. The number of rotatable bonds is 8. The lowest BCUT2D eigenvalue weighted by atomic mass is 9.74. The molecular weight excluding hydrogens is 1480 g/mol. The lowest BCUT2D eigenvalue weighted by molar-refractivity contribution is -0.0499. The Labute approximate surface area is 675 Å². The predicted octanol–water partition coefficient (Wildman–Crippen LogP) is 25.9. The van der Waals surface area contributed by atoms with E-state index in [1.807, 2.05) is 18.2 Å². The molecule has 10 nitrogen and oxygen atoms in total. The molecule has 2 fully saturated rings. The first-order chi connectivity index (χ1) is 56.4. The van der Waals surface area contributed by atoms with Crippen LogP contribution in [0.2, 0.25) is 0 Å². The van der Waals surface area contributed by atoms with Crippen molar-refractivity contribution in [3.05, 3.63) is 309 Å². The molecule has 0 unspecified atom stereocenters. The topological polar surface area (TPSA) is 108 Å². The lowest BCUT2D eigenvalue weighted by Gasteiger charge is -2.32. The summed E-state index contributed by atoms with van der Waals surface area (Å²) in [6.45, 7) is 16.8. The summed E-state index contributed by atoms with van der Waals surface area (Å²) in [5, 5.41) is 15.0. The van der Waals surface area contributed by atoms with Crippen LogP contribution in [-0.2, 0) is 28.7 Å². The largest absolute Gasteiger partial charge is 0.534 e. The first kappa shape index (κ1) is 73.4. The second-order valence-electron chi connectivity index (χ2n) is 32.3. The molecule has 0 bridgehead atoms. The molecule has 5 aliphatic rings. The van der Waals surface area contributed by atoms with Gasteiger partial charge in [0.05, 0.1) is 22.4 Å². The molecule has 0 N–H and O–H groups in total. The fraction of sp³-hybridized carbons (Fsp3) is 0.129. The summed E-state index contributed by atoms with van der Waals surface area (Å²) >= 11 is 0. The molecule has 0 aromatic heterocycles. The quantitative estimate of drug-likeness (QED) is 0.0829. The molecule has 2 saturated heterocycles. The molecule has 0 radical (unpaired) electrons. The van der Waals surface area contributed by atoms with Crippen molar-refractivity contribution < 1.29 is 58.6 Å². The normalized spacial score (nSPS) is 15.5. The molecule has 117 heavy (non-hydrogen) atoms. The molecular formula is C101H75B2F3O10S. The van der Waals surface area contributed by atoms with Crippen LogP contribution >= 0.6 is 0 Å². The Balaban J connectivity index is 0.000000122. The average Bonchev–Trinajstić information content (AvgIpc) is 1.65. The van der Waals surface area contributed by atoms with Crippen molar-refractivity contribution in [1.82, 2.24) is 0 Å². The maximum absolute atomic E-state index is 12.6. The highest BCUT2D eigenvalue weighted by molar-refractivity contribution is 7.88. The third kappa shape index (κ3) is 12.0. The fourth-order valence-electron chi connectivity index (χ4n) is 17.4. The van der Waals surface area contributed by atoms with Crippen LogP contribution < -0.4 is 29.3 Å². The zero-order valence-electron chi connectivity index (χ0n) is 65.2. The van der Waals surface area contributed by atoms with Gasteiger partial charge in [-0.25, -0.2) is 0 Å². The van der Waals surface area contributed by atoms with Crippen molar-refractivity contribution in [1.29, 1.82) is 0 Å². The first-order valence-corrected chi connectivity index (χ1v) is 40.6. The van der Waals surface area contributed by atoms with Crippen molar-refractivity contribution in [3.8, 4) is 118 Å². The monoisotopic (exact) mass is 1560 g/mol. The second-order valence-corrected chi connectivity index (χ2v) is 33.9. The number of benzene rings is 17. The van der Waals surface area contributed by atoms with Crippen LogP contribution in [0.1, 0.15) is 55.4 Å². The van der Waals surface area contributed by atoms with Crippen molar-refractivity contribution in [2.45, 2.75) is 83.3 Å². The number of hydrogen-bond donors (Lipinski definition) is 0. The minimum atomic E-state index is -5.76. The fourth-order valence-corrected chi connectivity index (χ4v) is 17.9. The van der Waals surface area contributed by atoms with E-state index in [0.717, 1.165) is 77.7 Å². The van der Waals surface area contributed by atoms with Gasteiger partial charge < -0.3 is 37.0 Å². The zero-order valence-corrected chi connectivity index (χ0v) is 66.0. The van der Waals surface area contributed by atoms with Gasteiger partial charge in [-0.1, -0.05) is 261 Å². The van der Waals surface area contributed by atoms with Crippen LogP contribution in [-0.4, -0.2) is 50.6 Å². The van der Waals surface area contributed by atoms with Gasteiger partial charge in [0.15, 0.2) is 5.75 Å². The summed E-state index contributed by atoms with van der Waals surface area (Å²) in [6, 6.07) is 106. The highest BCUT2D eigenvalue weighted by atomic mass is 32.2. The van der Waals surface area contributed by atoms with Crippen LogP contribution in [0.15, 0.2) is 309 Å². The van der Waals surface area contributed by atoms with Gasteiger partial charge in [-0.3, -0.25) is 0 Å². The summed E-state index contributed by atoms with van der Waals surface area (Å²) in [6.07, 6.45) is 0. The van der Waals surface area contributed by atoms with Gasteiger partial charge in [0.2, 0.25) is 0 Å². The van der Waals surface area contributed by atoms with Crippen LogP contribution in [0.3, 0.4) is 0 Å². The van der Waals surface area contributed by atoms with E-state index in [2.05, 4.69) is 302 Å². The third-order valence-electron chi connectivity index (χ3n) is 24.6.